The first-order valence-electron chi connectivity index (χ1n) is 14.2. The highest BCUT2D eigenvalue weighted by atomic mass is 16.7. The fourth-order valence-electron chi connectivity index (χ4n) is 4.93. The van der Waals surface area contributed by atoms with E-state index in [1.807, 2.05) is 0 Å². The molecule has 2 nitrogen and oxygen atoms in total. The molecule has 0 spiro atoms. The molecule has 1 heterocycles. The van der Waals surface area contributed by atoms with Crippen LogP contribution in [0.15, 0.2) is 48.5 Å². The van der Waals surface area contributed by atoms with Gasteiger partial charge in [-0.25, -0.2) is 0 Å². The molecule has 2 heteroatoms. The molecule has 0 amide bonds. The summed E-state index contributed by atoms with van der Waals surface area (Å²) in [7, 11) is 0. The van der Waals surface area contributed by atoms with Crippen LogP contribution in [0.5, 0.6) is 0 Å². The molecular weight excluding hydrogens is 416 g/mol. The molecule has 2 aromatic carbocycles. The predicted molar refractivity (Wildman–Crippen MR) is 145 cm³/mol. The van der Waals surface area contributed by atoms with Gasteiger partial charge in [0.05, 0.1) is 6.10 Å². The zero-order valence-electron chi connectivity index (χ0n) is 21.9. The number of hydrogen-bond acceptors (Lipinski definition) is 2. The van der Waals surface area contributed by atoms with Crippen molar-refractivity contribution in [2.24, 2.45) is 0 Å². The van der Waals surface area contributed by atoms with Gasteiger partial charge in [-0.15, -0.1) is 0 Å². The second-order valence-corrected chi connectivity index (χ2v) is 10.3. The summed E-state index contributed by atoms with van der Waals surface area (Å²) < 4.78 is 11.7. The van der Waals surface area contributed by atoms with Gasteiger partial charge < -0.3 is 9.47 Å². The van der Waals surface area contributed by atoms with E-state index in [-0.39, 0.29) is 12.4 Å². The standard InChI is InChI=1S/C32H48O2/c1-3-4-5-6-7-8-9-10-15-28-18-22-30(23-19-28)31-24-20-29(21-25-31)16-13-14-27(2)34-32-17-11-12-26-33-32/h18-25,27,32H,3-17,26H2,1-2H3. The van der Waals surface area contributed by atoms with Gasteiger partial charge in [0.15, 0.2) is 6.29 Å². The molecule has 0 N–H and O–H groups in total. The molecule has 1 aliphatic rings. The number of rotatable bonds is 16. The van der Waals surface area contributed by atoms with E-state index >= 15 is 0 Å². The van der Waals surface area contributed by atoms with Gasteiger partial charge in [0, 0.05) is 6.61 Å². The van der Waals surface area contributed by atoms with Crippen molar-refractivity contribution in [3.8, 4) is 11.1 Å². The molecule has 1 fully saturated rings. The minimum Gasteiger partial charge on any atom is -0.353 e. The average molecular weight is 465 g/mol. The maximum Gasteiger partial charge on any atom is 0.157 e. The molecule has 2 unspecified atom stereocenters. The minimum absolute atomic E-state index is 0.0229. The van der Waals surface area contributed by atoms with Gasteiger partial charge in [-0.1, -0.05) is 100 Å². The number of aryl methyl sites for hydroxylation is 2. The van der Waals surface area contributed by atoms with Crippen LogP contribution >= 0.6 is 0 Å². The van der Waals surface area contributed by atoms with Gasteiger partial charge in [0.1, 0.15) is 0 Å². The van der Waals surface area contributed by atoms with E-state index in [1.54, 1.807) is 0 Å². The van der Waals surface area contributed by atoms with E-state index in [0.29, 0.717) is 0 Å². The lowest BCUT2D eigenvalue weighted by Crippen LogP contribution is -2.26. The third-order valence-electron chi connectivity index (χ3n) is 7.16. The molecule has 3 rings (SSSR count). The number of ether oxygens (including phenoxy) is 2. The first-order valence-corrected chi connectivity index (χ1v) is 14.2. The van der Waals surface area contributed by atoms with Gasteiger partial charge in [0.2, 0.25) is 0 Å². The van der Waals surface area contributed by atoms with Gasteiger partial charge in [-0.2, -0.15) is 0 Å². The van der Waals surface area contributed by atoms with Crippen LogP contribution in [-0.2, 0) is 22.3 Å². The van der Waals surface area contributed by atoms with Gasteiger partial charge in [-0.3, -0.25) is 0 Å². The van der Waals surface area contributed by atoms with Crippen LogP contribution in [0.1, 0.15) is 108 Å². The van der Waals surface area contributed by atoms with Crippen molar-refractivity contribution in [1.82, 2.24) is 0 Å². The Hall–Kier alpha value is -1.64. The summed E-state index contributed by atoms with van der Waals surface area (Å²) in [5, 5.41) is 0. The molecule has 2 aromatic rings. The molecule has 0 bridgehead atoms. The summed E-state index contributed by atoms with van der Waals surface area (Å²) in [4.78, 5) is 0. The van der Waals surface area contributed by atoms with Crippen LogP contribution in [0.25, 0.3) is 11.1 Å². The van der Waals surface area contributed by atoms with E-state index in [0.717, 1.165) is 32.3 Å². The summed E-state index contributed by atoms with van der Waals surface area (Å²) in [6.07, 6.45) is 19.4. The quantitative estimate of drug-likeness (QED) is 0.230. The number of benzene rings is 2. The molecule has 188 valence electrons. The molecular formula is C32H48O2. The minimum atomic E-state index is 0.0229. The van der Waals surface area contributed by atoms with Crippen molar-refractivity contribution in [3.63, 3.8) is 0 Å². The molecule has 1 aliphatic heterocycles. The van der Waals surface area contributed by atoms with Crippen LogP contribution < -0.4 is 0 Å². The Kier molecular flexibility index (Phi) is 12.8. The van der Waals surface area contributed by atoms with Crippen LogP contribution in [0.4, 0.5) is 0 Å². The first-order chi connectivity index (χ1) is 16.7. The van der Waals surface area contributed by atoms with E-state index in [4.69, 9.17) is 9.47 Å². The van der Waals surface area contributed by atoms with Crippen molar-refractivity contribution >= 4 is 0 Å². The zero-order chi connectivity index (χ0) is 23.8. The summed E-state index contributed by atoms with van der Waals surface area (Å²) in [5.74, 6) is 0. The van der Waals surface area contributed by atoms with Gasteiger partial charge in [-0.05, 0) is 80.5 Å². The maximum atomic E-state index is 6.05. The lowest BCUT2D eigenvalue weighted by molar-refractivity contribution is -0.185. The predicted octanol–water partition coefficient (Wildman–Crippen LogP) is 9.29. The van der Waals surface area contributed by atoms with E-state index in [2.05, 4.69) is 62.4 Å². The topological polar surface area (TPSA) is 18.5 Å². The molecule has 34 heavy (non-hydrogen) atoms. The summed E-state index contributed by atoms with van der Waals surface area (Å²) in [6.45, 7) is 5.32. The Labute approximate surface area is 209 Å². The SMILES string of the molecule is CCCCCCCCCCc1ccc(-c2ccc(CCCC(C)OC3CCCCO3)cc2)cc1. The van der Waals surface area contributed by atoms with Crippen LogP contribution in [0, 0.1) is 0 Å². The molecule has 0 aliphatic carbocycles. The Morgan fingerprint density at radius 3 is 1.85 bits per heavy atom. The van der Waals surface area contributed by atoms with Crippen LogP contribution in [0.3, 0.4) is 0 Å². The molecule has 0 radical (unpaired) electrons. The third kappa shape index (κ3) is 10.3. The van der Waals surface area contributed by atoms with Gasteiger partial charge >= 0.3 is 0 Å². The van der Waals surface area contributed by atoms with Gasteiger partial charge in [0.25, 0.3) is 0 Å². The summed E-state index contributed by atoms with van der Waals surface area (Å²) >= 11 is 0. The highest BCUT2D eigenvalue weighted by Gasteiger charge is 2.16. The Balaban J connectivity index is 1.32. The smallest absolute Gasteiger partial charge is 0.157 e. The van der Waals surface area contributed by atoms with Crippen molar-refractivity contribution in [2.45, 2.75) is 123 Å². The van der Waals surface area contributed by atoms with E-state index in [9.17, 15) is 0 Å². The van der Waals surface area contributed by atoms with Crippen molar-refractivity contribution < 1.29 is 9.47 Å². The maximum absolute atomic E-state index is 6.05. The van der Waals surface area contributed by atoms with Crippen LogP contribution in [-0.4, -0.2) is 19.0 Å². The number of hydrogen-bond donors (Lipinski definition) is 0. The fraction of sp³-hybridized carbons (Fsp3) is 0.625. The normalized spacial score (nSPS) is 17.1. The summed E-state index contributed by atoms with van der Waals surface area (Å²) in [6, 6.07) is 18.4. The average Bonchev–Trinajstić information content (AvgIpc) is 2.87. The Morgan fingerprint density at radius 1 is 0.735 bits per heavy atom. The first kappa shape index (κ1) is 27.0. The third-order valence-corrected chi connectivity index (χ3v) is 7.16. The molecule has 2 atom stereocenters. The van der Waals surface area contributed by atoms with Crippen molar-refractivity contribution in [1.29, 1.82) is 0 Å². The highest BCUT2D eigenvalue weighted by molar-refractivity contribution is 5.63. The molecule has 1 saturated heterocycles. The Morgan fingerprint density at radius 2 is 1.29 bits per heavy atom. The number of unbranched alkanes of at least 4 members (excludes halogenated alkanes) is 7. The molecule has 0 aromatic heterocycles. The largest absolute Gasteiger partial charge is 0.353 e. The van der Waals surface area contributed by atoms with E-state index < -0.39 is 0 Å². The van der Waals surface area contributed by atoms with Crippen molar-refractivity contribution in [2.75, 3.05) is 6.61 Å². The fourth-order valence-corrected chi connectivity index (χ4v) is 4.93. The second kappa shape index (κ2) is 16.1. The monoisotopic (exact) mass is 464 g/mol. The second-order valence-electron chi connectivity index (χ2n) is 10.3. The van der Waals surface area contributed by atoms with Crippen LogP contribution in [0.2, 0.25) is 0 Å². The summed E-state index contributed by atoms with van der Waals surface area (Å²) in [5.41, 5.74) is 5.52. The lowest BCUT2D eigenvalue weighted by atomic mass is 9.99. The Bertz CT molecular complexity index is 759. The van der Waals surface area contributed by atoms with E-state index in [1.165, 1.54) is 92.9 Å². The lowest BCUT2D eigenvalue weighted by Gasteiger charge is -2.26. The molecule has 0 saturated carbocycles. The highest BCUT2D eigenvalue weighted by Crippen LogP contribution is 2.23. The zero-order valence-corrected chi connectivity index (χ0v) is 21.9. The van der Waals surface area contributed by atoms with Crippen molar-refractivity contribution in [3.05, 3.63) is 59.7 Å².